The van der Waals surface area contributed by atoms with E-state index in [2.05, 4.69) is 0 Å². The molecule has 0 saturated heterocycles. The summed E-state index contributed by atoms with van der Waals surface area (Å²) in [5.41, 5.74) is 0. The van der Waals surface area contributed by atoms with Gasteiger partial charge in [-0.3, -0.25) is 0 Å². The van der Waals surface area contributed by atoms with Crippen LogP contribution in [0.25, 0.3) is 0 Å². The average Bonchev–Trinajstić information content (AvgIpc) is 0. The van der Waals surface area contributed by atoms with Gasteiger partial charge in [-0.1, -0.05) is 0 Å². The van der Waals surface area contributed by atoms with E-state index in [0.717, 1.165) is 0 Å². The summed E-state index contributed by atoms with van der Waals surface area (Å²) < 4.78 is 0. The summed E-state index contributed by atoms with van der Waals surface area (Å²) in [6, 6.07) is 0. The molecule has 1 radical (unpaired) electrons. The van der Waals surface area contributed by atoms with Crippen LogP contribution in [0, 0.1) is 0 Å². The summed E-state index contributed by atoms with van der Waals surface area (Å²) in [6.07, 6.45) is 0. The minimum Gasteiger partial charge on any atom is -2.00 e. The van der Waals surface area contributed by atoms with E-state index in [1.807, 2.05) is 0 Å². The molecule has 0 bridgehead atoms. The van der Waals surface area contributed by atoms with Gasteiger partial charge < -0.3 is 34.1 Å². The topological polar surface area (TPSA) is 0 Å². The molecule has 29 valence electrons. The Kier molecular flexibility index (Phi) is 181. The average molecular weight is 272 g/mol. The predicted molar refractivity (Wildman–Crippen MR) is 11.5 cm³/mol. The van der Waals surface area contributed by atoms with Crippen molar-refractivity contribution in [2.24, 2.45) is 0 Å². The fraction of sp³-hybridized carbons (Fsp3) is 0. The van der Waals surface area contributed by atoms with E-state index in [-0.39, 0.29) is 67.7 Å². The molecule has 0 atom stereocenters. The second-order valence-electron chi connectivity index (χ2n) is 0. The first-order chi connectivity index (χ1) is 0. The van der Waals surface area contributed by atoms with Crippen LogP contribution in [-0.2, 0) is 33.6 Å². The van der Waals surface area contributed by atoms with E-state index >= 15 is 0 Å². The van der Waals surface area contributed by atoms with Crippen molar-refractivity contribution in [3.05, 3.63) is 0 Å². The molecule has 0 aliphatic heterocycles. The van der Waals surface area contributed by atoms with Gasteiger partial charge in [0, 0.05) is 0 Å². The van der Waals surface area contributed by atoms with Crippen LogP contribution in [0.5, 0.6) is 0 Å². The van der Waals surface area contributed by atoms with Crippen LogP contribution in [0.4, 0.5) is 0 Å². The van der Waals surface area contributed by atoms with Crippen LogP contribution in [0.2, 0.25) is 0 Å². The molecular weight excluding hydrogens is 272 g/mol. The molecule has 0 N–H and O–H groups in total. The Morgan fingerprint density at radius 1 is 0.750 bits per heavy atom. The second kappa shape index (κ2) is 19.7. The maximum absolute atomic E-state index is 0. The fourth-order valence-electron chi connectivity index (χ4n) is 0. The quantitative estimate of drug-likeness (QED) is 0.508. The molecule has 0 nitrogen and oxygen atoms in total. The zero-order valence-corrected chi connectivity index (χ0v) is 7.10. The number of hydrogen-bond donors (Lipinski definition) is 0. The maximum Gasteiger partial charge on any atom is 2.00 e. The van der Waals surface area contributed by atoms with Gasteiger partial charge in [0.1, 0.15) is 0 Å². The van der Waals surface area contributed by atoms with E-state index in [1.165, 1.54) is 0 Å². The first-order valence-electron chi connectivity index (χ1n) is 0. The normalized spacial score (nSPS) is 0. The zero-order valence-electron chi connectivity index (χ0n) is 1.51. The van der Waals surface area contributed by atoms with E-state index in [1.54, 1.807) is 0 Å². The van der Waals surface area contributed by atoms with Crippen LogP contribution >= 0.6 is 0 Å². The van der Waals surface area contributed by atoms with Gasteiger partial charge in [0.05, 0.1) is 0 Å². The van der Waals surface area contributed by atoms with E-state index in [9.17, 15) is 0 Å². The number of rotatable bonds is 0. The molecule has 0 aliphatic carbocycles. The van der Waals surface area contributed by atoms with Gasteiger partial charge in [-0.25, -0.2) is 0 Å². The Morgan fingerprint density at radius 3 is 0.750 bits per heavy atom. The molecule has 0 aromatic carbocycles. The molecule has 0 aliphatic rings. The first-order valence-corrected chi connectivity index (χ1v) is 0. The minimum absolute atomic E-state index is 0. The minimum atomic E-state index is 0. The van der Waals surface area contributed by atoms with Gasteiger partial charge in [-0.2, -0.15) is 0 Å². The second-order valence-corrected chi connectivity index (χ2v) is 0. The van der Waals surface area contributed by atoms with Crippen LogP contribution in [0.3, 0.4) is 0 Å². The Balaban J connectivity index is 0. The summed E-state index contributed by atoms with van der Waals surface area (Å²) >= 11 is 0. The monoisotopic (exact) mass is 273 g/mol. The molecule has 0 aromatic heterocycles. The van der Waals surface area contributed by atoms with Crippen molar-refractivity contribution in [3.8, 4) is 0 Å². The van der Waals surface area contributed by atoms with Crippen LogP contribution in [-0.4, -0.2) is 34.1 Å². The van der Waals surface area contributed by atoms with Gasteiger partial charge in [-0.15, -0.1) is 0 Å². The number of hydrogen-bond acceptors (Lipinski definition) is 0. The molecule has 4 heavy (non-hydrogen) atoms. The van der Waals surface area contributed by atoms with E-state index in [4.69, 9.17) is 0 Å². The SMILES string of the molecule is [Mn+2].[Ni+2].[Se-2].[Se-2]. The molecule has 4 heteroatoms. The van der Waals surface area contributed by atoms with Gasteiger partial charge in [0.25, 0.3) is 0 Å². The Morgan fingerprint density at radius 2 is 0.750 bits per heavy atom. The third-order valence-corrected chi connectivity index (χ3v) is 0. The largest absolute Gasteiger partial charge is 2.00 e. The van der Waals surface area contributed by atoms with Crippen LogP contribution < -0.4 is 0 Å². The van der Waals surface area contributed by atoms with Crippen LogP contribution in [0.15, 0.2) is 0 Å². The standard InChI is InChI=1S/Mn.Ni.2Se/q2*+2;2*-2. The molecule has 0 unspecified atom stereocenters. The van der Waals surface area contributed by atoms with Gasteiger partial charge in [0.2, 0.25) is 0 Å². The first kappa shape index (κ1) is 36.7. The van der Waals surface area contributed by atoms with Crippen molar-refractivity contribution in [3.63, 3.8) is 0 Å². The van der Waals surface area contributed by atoms with Gasteiger partial charge in [-0.05, 0) is 0 Å². The summed E-state index contributed by atoms with van der Waals surface area (Å²) in [4.78, 5) is 0. The molecule has 0 amide bonds. The van der Waals surface area contributed by atoms with Crippen molar-refractivity contribution in [2.75, 3.05) is 0 Å². The third-order valence-electron chi connectivity index (χ3n) is 0. The third kappa shape index (κ3) is 8.96. The van der Waals surface area contributed by atoms with Gasteiger partial charge in [0.15, 0.2) is 0 Å². The Bertz CT molecular complexity index is 6.00. The molecule has 0 saturated carbocycles. The summed E-state index contributed by atoms with van der Waals surface area (Å²) in [5, 5.41) is 0. The molecule has 0 aromatic rings. The van der Waals surface area contributed by atoms with Gasteiger partial charge >= 0.3 is 33.6 Å². The molecular formula is MnNiSe2. The maximum atomic E-state index is 0. The summed E-state index contributed by atoms with van der Waals surface area (Å²) in [7, 11) is 0. The Hall–Kier alpha value is 2.05. The predicted octanol–water partition coefficient (Wildman–Crippen LogP) is -0.767. The van der Waals surface area contributed by atoms with Crippen molar-refractivity contribution in [1.29, 1.82) is 0 Å². The molecule has 0 spiro atoms. The smallest absolute Gasteiger partial charge is 2.00 e. The van der Waals surface area contributed by atoms with E-state index in [0.29, 0.717) is 0 Å². The Labute approximate surface area is 67.2 Å². The summed E-state index contributed by atoms with van der Waals surface area (Å²) in [6.45, 7) is 0. The van der Waals surface area contributed by atoms with Crippen molar-refractivity contribution < 1.29 is 33.6 Å². The molecule has 0 rings (SSSR count). The molecule has 0 fully saturated rings. The van der Waals surface area contributed by atoms with E-state index < -0.39 is 0 Å². The summed E-state index contributed by atoms with van der Waals surface area (Å²) in [5.74, 6) is 0. The fourth-order valence-corrected chi connectivity index (χ4v) is 0. The zero-order chi connectivity index (χ0) is 0. The molecule has 0 heterocycles. The van der Waals surface area contributed by atoms with Crippen molar-refractivity contribution in [1.82, 2.24) is 0 Å². The van der Waals surface area contributed by atoms with Crippen LogP contribution in [0.1, 0.15) is 0 Å². The van der Waals surface area contributed by atoms with Crippen molar-refractivity contribution in [2.45, 2.75) is 0 Å². The van der Waals surface area contributed by atoms with Crippen molar-refractivity contribution >= 4 is 34.1 Å².